The van der Waals surface area contributed by atoms with Crippen LogP contribution in [0.4, 0.5) is 0 Å². The summed E-state index contributed by atoms with van der Waals surface area (Å²) in [4.78, 5) is 0. The first-order valence-electron chi connectivity index (χ1n) is 24.1. The highest BCUT2D eigenvalue weighted by atomic mass is 14.4. The molecule has 8 saturated carbocycles. The van der Waals surface area contributed by atoms with Crippen LogP contribution in [-0.4, -0.2) is 0 Å². The van der Waals surface area contributed by atoms with Crippen molar-refractivity contribution < 1.29 is 0 Å². The first kappa shape index (κ1) is 36.5. The third-order valence-electron chi connectivity index (χ3n) is 18.2. The molecule has 0 aromatic rings. The lowest BCUT2D eigenvalue weighted by Crippen LogP contribution is -2.33. The average Bonchev–Trinajstić information content (AvgIpc) is 3.20. The molecule has 0 unspecified atom stereocenters. The second kappa shape index (κ2) is 18.2. The fraction of sp³-hybridized carbons (Fsp3) is 0.920. The Kier molecular flexibility index (Phi) is 13.3. The fourth-order valence-electron chi connectivity index (χ4n) is 14.9. The van der Waals surface area contributed by atoms with Gasteiger partial charge < -0.3 is 0 Å². The number of allylic oxidation sites excluding steroid dienone is 4. The van der Waals surface area contributed by atoms with E-state index in [0.717, 1.165) is 71.0 Å². The summed E-state index contributed by atoms with van der Waals surface area (Å²) >= 11 is 0. The van der Waals surface area contributed by atoms with Crippen LogP contribution >= 0.6 is 0 Å². The van der Waals surface area contributed by atoms with Crippen molar-refractivity contribution in [3.63, 3.8) is 0 Å². The van der Waals surface area contributed by atoms with Gasteiger partial charge in [-0.2, -0.15) is 0 Å². The van der Waals surface area contributed by atoms with E-state index >= 15 is 0 Å². The average molecular weight is 683 g/mol. The van der Waals surface area contributed by atoms with Crippen molar-refractivity contribution in [2.24, 2.45) is 71.0 Å². The Hall–Kier alpha value is -0.520. The van der Waals surface area contributed by atoms with E-state index in [4.69, 9.17) is 0 Å². The normalized spacial score (nSPS) is 44.0. The maximum atomic E-state index is 2.76. The SMILES string of the molecule is C(=C1CCCCC1)C1CCC(C2CCC(C3CCC(C4CCC(C5CCC(C6CCC(C=C7CCCCC7)CC6)CC5)CC4)CC3)CC2)CC1. The minimum absolute atomic E-state index is 0.939. The predicted octanol–water partition coefficient (Wildman–Crippen LogP) is 15.6. The lowest BCUT2D eigenvalue weighted by molar-refractivity contribution is 0.0716. The lowest BCUT2D eigenvalue weighted by Gasteiger charge is -2.44. The molecule has 0 aromatic carbocycles. The highest BCUT2D eigenvalue weighted by Crippen LogP contribution is 2.51. The van der Waals surface area contributed by atoms with Gasteiger partial charge in [0.15, 0.2) is 0 Å². The van der Waals surface area contributed by atoms with Gasteiger partial charge in [0.1, 0.15) is 0 Å². The third kappa shape index (κ3) is 9.58. The lowest BCUT2D eigenvalue weighted by atomic mass is 9.61. The van der Waals surface area contributed by atoms with Crippen LogP contribution < -0.4 is 0 Å². The van der Waals surface area contributed by atoms with Crippen LogP contribution in [-0.2, 0) is 0 Å². The predicted molar refractivity (Wildman–Crippen MR) is 215 cm³/mol. The summed E-state index contributed by atoms with van der Waals surface area (Å²) < 4.78 is 0. The maximum Gasteiger partial charge on any atom is -0.0231 e. The van der Waals surface area contributed by atoms with Crippen molar-refractivity contribution in [2.75, 3.05) is 0 Å². The van der Waals surface area contributed by atoms with Crippen molar-refractivity contribution in [1.82, 2.24) is 0 Å². The second-order valence-electron chi connectivity index (χ2n) is 20.8. The van der Waals surface area contributed by atoms with E-state index in [1.165, 1.54) is 89.9 Å². The van der Waals surface area contributed by atoms with Crippen LogP contribution in [0.25, 0.3) is 0 Å². The molecule has 0 heteroatoms. The van der Waals surface area contributed by atoms with Gasteiger partial charge >= 0.3 is 0 Å². The summed E-state index contributed by atoms with van der Waals surface area (Å²) in [5.41, 5.74) is 3.67. The minimum Gasteiger partial charge on any atom is -0.0822 e. The number of rotatable bonds is 7. The van der Waals surface area contributed by atoms with E-state index < -0.39 is 0 Å². The summed E-state index contributed by atoms with van der Waals surface area (Å²) in [5.74, 6) is 12.8. The van der Waals surface area contributed by atoms with E-state index in [0.29, 0.717) is 0 Å². The van der Waals surface area contributed by atoms with E-state index in [9.17, 15) is 0 Å². The molecule has 0 aromatic heterocycles. The van der Waals surface area contributed by atoms with Gasteiger partial charge in [0.05, 0.1) is 0 Å². The third-order valence-corrected chi connectivity index (χ3v) is 18.2. The van der Waals surface area contributed by atoms with Crippen molar-refractivity contribution in [1.29, 1.82) is 0 Å². The summed E-state index contributed by atoms with van der Waals surface area (Å²) in [6.45, 7) is 0. The van der Waals surface area contributed by atoms with Gasteiger partial charge in [-0.1, -0.05) is 36.1 Å². The van der Waals surface area contributed by atoms with Crippen molar-refractivity contribution >= 4 is 0 Å². The zero-order valence-electron chi connectivity index (χ0n) is 33.1. The molecular formula is C50H82. The van der Waals surface area contributed by atoms with E-state index in [1.807, 2.05) is 11.1 Å². The fourth-order valence-corrected chi connectivity index (χ4v) is 14.9. The van der Waals surface area contributed by atoms with Gasteiger partial charge in [-0.15, -0.1) is 0 Å². The van der Waals surface area contributed by atoms with Gasteiger partial charge in [-0.25, -0.2) is 0 Å². The molecule has 0 atom stereocenters. The van der Waals surface area contributed by atoms with Crippen LogP contribution in [0, 0.1) is 71.0 Å². The zero-order chi connectivity index (χ0) is 33.5. The molecule has 0 bridgehead atoms. The molecule has 0 N–H and O–H groups in total. The Morgan fingerprint density at radius 1 is 0.220 bits per heavy atom. The van der Waals surface area contributed by atoms with Crippen molar-refractivity contribution in [3.8, 4) is 0 Å². The molecule has 50 heavy (non-hydrogen) atoms. The van der Waals surface area contributed by atoms with E-state index in [2.05, 4.69) is 12.2 Å². The quantitative estimate of drug-likeness (QED) is 0.234. The molecule has 8 aliphatic carbocycles. The number of hydrogen-bond acceptors (Lipinski definition) is 0. The topological polar surface area (TPSA) is 0 Å². The van der Waals surface area contributed by atoms with Gasteiger partial charge in [0.25, 0.3) is 0 Å². The first-order chi connectivity index (χ1) is 24.7. The Morgan fingerprint density at radius 3 is 0.600 bits per heavy atom. The molecule has 0 spiro atoms. The Labute approximate surface area is 311 Å². The summed E-state index contributed by atoms with van der Waals surface area (Å²) in [5, 5.41) is 0. The molecule has 0 amide bonds. The molecule has 8 aliphatic rings. The maximum absolute atomic E-state index is 2.76. The van der Waals surface area contributed by atoms with Gasteiger partial charge in [0.2, 0.25) is 0 Å². The van der Waals surface area contributed by atoms with Gasteiger partial charge in [-0.05, 0) is 276 Å². The summed E-state index contributed by atoms with van der Waals surface area (Å²) in [6.07, 6.45) is 57.9. The summed E-state index contributed by atoms with van der Waals surface area (Å²) in [7, 11) is 0. The van der Waals surface area contributed by atoms with Crippen LogP contribution in [0.15, 0.2) is 23.3 Å². The zero-order valence-corrected chi connectivity index (χ0v) is 33.1. The molecule has 282 valence electrons. The van der Waals surface area contributed by atoms with Gasteiger partial charge in [0, 0.05) is 0 Å². The minimum atomic E-state index is 0.939. The van der Waals surface area contributed by atoms with Crippen LogP contribution in [0.3, 0.4) is 0 Å². The van der Waals surface area contributed by atoms with Crippen LogP contribution in [0.1, 0.15) is 218 Å². The smallest absolute Gasteiger partial charge is 0.0231 e. The molecular weight excluding hydrogens is 601 g/mol. The summed E-state index contributed by atoms with van der Waals surface area (Å²) in [6, 6.07) is 0. The highest BCUT2D eigenvalue weighted by Gasteiger charge is 2.39. The van der Waals surface area contributed by atoms with Crippen LogP contribution in [0.2, 0.25) is 0 Å². The molecule has 0 radical (unpaired) electrons. The van der Waals surface area contributed by atoms with Gasteiger partial charge in [-0.3, -0.25) is 0 Å². The van der Waals surface area contributed by atoms with Crippen molar-refractivity contribution in [3.05, 3.63) is 23.3 Å². The highest BCUT2D eigenvalue weighted by molar-refractivity contribution is 5.08. The molecule has 0 aliphatic heterocycles. The first-order valence-corrected chi connectivity index (χ1v) is 24.1. The molecule has 0 nitrogen and oxygen atoms in total. The Morgan fingerprint density at radius 2 is 0.400 bits per heavy atom. The Balaban J connectivity index is 0.687. The standard InChI is InChI=1S/C50H82/c1-3-7-37(8-4-1)35-39-11-15-41(16-12-39)43-19-23-45(24-20-43)47-27-31-49(32-28-47)50-33-29-48(30-34-50)46-25-21-44(22-26-46)42-17-13-40(14-18-42)36-38-9-5-2-6-10-38/h35-36,39-50H,1-34H2. The van der Waals surface area contributed by atoms with E-state index in [-0.39, 0.29) is 0 Å². The number of hydrogen-bond donors (Lipinski definition) is 0. The Bertz CT molecular complexity index is 943. The molecule has 8 rings (SSSR count). The molecule has 8 fully saturated rings. The van der Waals surface area contributed by atoms with Crippen LogP contribution in [0.5, 0.6) is 0 Å². The second-order valence-corrected chi connectivity index (χ2v) is 20.8. The van der Waals surface area contributed by atoms with E-state index in [1.54, 1.807) is 128 Å². The largest absolute Gasteiger partial charge is 0.0822 e. The molecule has 0 heterocycles. The molecule has 0 saturated heterocycles. The monoisotopic (exact) mass is 683 g/mol. The van der Waals surface area contributed by atoms with Crippen molar-refractivity contribution in [2.45, 2.75) is 218 Å².